The van der Waals surface area contributed by atoms with E-state index in [1.807, 2.05) is 64.7 Å². The number of pyridine rings is 1. The Morgan fingerprint density at radius 1 is 0.826 bits per heavy atom. The number of halogens is 1. The van der Waals surface area contributed by atoms with Crippen molar-refractivity contribution in [3.63, 3.8) is 0 Å². The number of hydrogen-bond acceptors (Lipinski definition) is 3. The van der Waals surface area contributed by atoms with Crippen LogP contribution in [0, 0.1) is 31.8 Å². The second-order valence-corrected chi connectivity index (χ2v) is 11.4. The molecule has 5 nitrogen and oxygen atoms in total. The van der Waals surface area contributed by atoms with E-state index in [1.165, 1.54) is 36.7 Å². The van der Waals surface area contributed by atoms with Gasteiger partial charge in [0.25, 0.3) is 0 Å². The van der Waals surface area contributed by atoms with Crippen molar-refractivity contribution < 1.29 is 30.2 Å². The Bertz CT molecular complexity index is 2150. The summed E-state index contributed by atoms with van der Waals surface area (Å²) in [4.78, 5) is 4.51. The molecule has 4 aromatic carbocycles. The molecule has 0 fully saturated rings. The zero-order valence-corrected chi connectivity index (χ0v) is 28.2. The van der Waals surface area contributed by atoms with Crippen LogP contribution in [0.25, 0.3) is 44.4 Å². The van der Waals surface area contributed by atoms with Gasteiger partial charge in [0.15, 0.2) is 0 Å². The summed E-state index contributed by atoms with van der Waals surface area (Å²) < 4.78 is 24.6. The Morgan fingerprint density at radius 2 is 1.65 bits per heavy atom. The molecule has 0 aliphatic rings. The quantitative estimate of drug-likeness (QED) is 0.108. The van der Waals surface area contributed by atoms with Gasteiger partial charge in [-0.1, -0.05) is 67.7 Å². The summed E-state index contributed by atoms with van der Waals surface area (Å²) in [5.41, 5.74) is 8.01. The molecule has 0 saturated carbocycles. The smallest absolute Gasteiger partial charge is 0.509 e. The maximum absolute atomic E-state index is 14.4. The van der Waals surface area contributed by atoms with Crippen molar-refractivity contribution in [2.75, 3.05) is 0 Å². The third kappa shape index (κ3) is 6.02. The van der Waals surface area contributed by atoms with Gasteiger partial charge < -0.3 is 9.30 Å². The molecular weight excluding hydrogens is 755 g/mol. The van der Waals surface area contributed by atoms with Gasteiger partial charge >= 0.3 is 21.1 Å². The van der Waals surface area contributed by atoms with Crippen LogP contribution in [0.4, 0.5) is 4.39 Å². The van der Waals surface area contributed by atoms with E-state index >= 15 is 0 Å². The van der Waals surface area contributed by atoms with Gasteiger partial charge in [-0.05, 0) is 61.0 Å². The van der Waals surface area contributed by atoms with Crippen LogP contribution in [-0.4, -0.2) is 19.3 Å². The van der Waals surface area contributed by atoms with Gasteiger partial charge in [-0.2, -0.15) is 17.2 Å². The Labute approximate surface area is 282 Å². The molecule has 0 amide bonds. The van der Waals surface area contributed by atoms with Crippen LogP contribution in [0.1, 0.15) is 43.1 Å². The zero-order chi connectivity index (χ0) is 30.9. The van der Waals surface area contributed by atoms with Gasteiger partial charge in [0.05, 0.1) is 5.69 Å². The minimum atomic E-state index is -0.343. The molecule has 0 spiro atoms. The second kappa shape index (κ2) is 13.4. The van der Waals surface area contributed by atoms with Gasteiger partial charge in [-0.3, -0.25) is 4.68 Å². The fraction of sp³-hybridized carbons (Fsp3) is 0.179. The van der Waals surface area contributed by atoms with Crippen molar-refractivity contribution in [2.45, 2.75) is 46.5 Å². The second-order valence-electron chi connectivity index (χ2n) is 11.4. The van der Waals surface area contributed by atoms with Crippen LogP contribution in [0.2, 0.25) is 0 Å². The molecule has 3 heterocycles. The first-order valence-electron chi connectivity index (χ1n) is 15.4. The summed E-state index contributed by atoms with van der Waals surface area (Å²) in [6.07, 6.45) is 6.05. The summed E-state index contributed by atoms with van der Waals surface area (Å²) >= 11 is 0. The minimum absolute atomic E-state index is 0. The molecule has 7 rings (SSSR count). The van der Waals surface area contributed by atoms with Gasteiger partial charge in [-0.25, -0.2) is 9.37 Å². The number of ether oxygens (including phenoxy) is 1. The Morgan fingerprint density at radius 3 is 2.46 bits per heavy atom. The molecule has 0 bridgehead atoms. The topological polar surface area (TPSA) is 44.9 Å². The Kier molecular flexibility index (Phi) is 9.19. The van der Waals surface area contributed by atoms with E-state index < -0.39 is 0 Å². The Balaban J connectivity index is 0.00000372. The molecule has 0 radical (unpaired) electrons. The first-order chi connectivity index (χ1) is 22.0. The number of aromatic nitrogens is 4. The number of benzene rings is 4. The van der Waals surface area contributed by atoms with E-state index in [0.29, 0.717) is 17.3 Å². The average molecular weight is 788 g/mol. The van der Waals surface area contributed by atoms with E-state index in [2.05, 4.69) is 61.3 Å². The first-order valence-corrected chi connectivity index (χ1v) is 15.4. The van der Waals surface area contributed by atoms with Crippen molar-refractivity contribution in [3.8, 4) is 34.1 Å². The van der Waals surface area contributed by atoms with Gasteiger partial charge in [0, 0.05) is 40.5 Å². The molecule has 0 saturated heterocycles. The predicted octanol–water partition coefficient (Wildman–Crippen LogP) is 9.91. The minimum Gasteiger partial charge on any atom is -0.509 e. The van der Waals surface area contributed by atoms with E-state index in [4.69, 9.17) is 9.84 Å². The van der Waals surface area contributed by atoms with Gasteiger partial charge in [-0.15, -0.1) is 35.7 Å². The van der Waals surface area contributed by atoms with E-state index in [9.17, 15) is 4.39 Å². The normalized spacial score (nSPS) is 11.2. The van der Waals surface area contributed by atoms with Crippen LogP contribution in [0.5, 0.6) is 11.5 Å². The van der Waals surface area contributed by atoms with Crippen molar-refractivity contribution in [1.82, 2.24) is 19.3 Å². The molecule has 7 aromatic rings. The van der Waals surface area contributed by atoms with Crippen LogP contribution < -0.4 is 4.74 Å². The maximum Gasteiger partial charge on any atom is 2.00 e. The number of rotatable bonds is 9. The van der Waals surface area contributed by atoms with Crippen LogP contribution in [0.3, 0.4) is 0 Å². The van der Waals surface area contributed by atoms with Gasteiger partial charge in [0.1, 0.15) is 11.6 Å². The molecule has 232 valence electrons. The third-order valence-electron chi connectivity index (χ3n) is 8.27. The summed E-state index contributed by atoms with van der Waals surface area (Å²) in [5.74, 6) is 1.22. The SMILES string of the molecule is CCCCCc1ccc2c(c1)c1ccc(Oc3[c-]c(-n4nc(C)c(-c5ccccc5)c4C)ccc3)[c-]c1n2-c1cc(F)ccn1.[Pt+2]. The van der Waals surface area contributed by atoms with Crippen molar-refractivity contribution in [1.29, 1.82) is 0 Å². The molecule has 0 atom stereocenters. The van der Waals surface area contributed by atoms with Crippen molar-refractivity contribution in [3.05, 3.63) is 132 Å². The average Bonchev–Trinajstić information content (AvgIpc) is 3.54. The van der Waals surface area contributed by atoms with Gasteiger partial charge in [0.2, 0.25) is 0 Å². The maximum atomic E-state index is 14.4. The number of unbranched alkanes of at least 4 members (excludes halogenated alkanes) is 2. The molecule has 3 aromatic heterocycles. The molecule has 0 aliphatic heterocycles. The fourth-order valence-electron chi connectivity index (χ4n) is 6.16. The number of hydrogen-bond donors (Lipinski definition) is 0. The molecule has 7 heteroatoms. The molecule has 46 heavy (non-hydrogen) atoms. The largest absolute Gasteiger partial charge is 2.00 e. The number of aryl methyl sites for hydroxylation is 2. The monoisotopic (exact) mass is 787 g/mol. The van der Waals surface area contributed by atoms with Crippen LogP contribution in [-0.2, 0) is 27.5 Å². The predicted molar refractivity (Wildman–Crippen MR) is 178 cm³/mol. The van der Waals surface area contributed by atoms with Crippen LogP contribution >= 0.6 is 0 Å². The molecule has 0 unspecified atom stereocenters. The summed E-state index contributed by atoms with van der Waals surface area (Å²) in [5, 5.41) is 6.93. The number of fused-ring (bicyclic) bond motifs is 3. The van der Waals surface area contributed by atoms with Crippen molar-refractivity contribution >= 4 is 21.8 Å². The zero-order valence-electron chi connectivity index (χ0n) is 26.0. The Hall–Kier alpha value is -4.54. The number of nitrogens with zero attached hydrogens (tertiary/aromatic N) is 4. The van der Waals surface area contributed by atoms with E-state index in [0.717, 1.165) is 62.8 Å². The summed E-state index contributed by atoms with van der Waals surface area (Å²) in [7, 11) is 0. The van der Waals surface area contributed by atoms with E-state index in [-0.39, 0.29) is 26.9 Å². The summed E-state index contributed by atoms with van der Waals surface area (Å²) in [6, 6.07) is 36.2. The fourth-order valence-corrected chi connectivity index (χ4v) is 6.16. The standard InChI is InChI=1S/C39H33FN4O.Pt/c1-4-5-7-11-28-16-19-36-35(22-28)34-18-17-33(25-37(34)43(36)38-23-30(40)20-21-41-38)45-32-15-10-14-31(24-32)44-27(3)39(26(2)42-44)29-12-8-6-9-13-29;/h6,8-10,12-23H,4-5,7,11H2,1-3H3;/q-2;+2. The third-order valence-corrected chi connectivity index (χ3v) is 8.27. The molecule has 0 aliphatic carbocycles. The molecule has 0 N–H and O–H groups in total. The summed E-state index contributed by atoms with van der Waals surface area (Å²) in [6.45, 7) is 6.31. The van der Waals surface area contributed by atoms with Crippen LogP contribution in [0.15, 0.2) is 97.2 Å². The first kappa shape index (κ1) is 31.4. The molecular formula is C39H33FN4OPt. The van der Waals surface area contributed by atoms with E-state index in [1.54, 1.807) is 0 Å². The van der Waals surface area contributed by atoms with Crippen molar-refractivity contribution in [2.24, 2.45) is 0 Å².